The zero-order valence-electron chi connectivity index (χ0n) is 5.95. The van der Waals surface area contributed by atoms with Crippen LogP contribution < -0.4 is 5.32 Å². The van der Waals surface area contributed by atoms with Gasteiger partial charge in [-0.05, 0) is 32.4 Å². The van der Waals surface area contributed by atoms with Gasteiger partial charge in [0.25, 0.3) is 0 Å². The van der Waals surface area contributed by atoms with Crippen LogP contribution in [0, 0.1) is 5.92 Å². The summed E-state index contributed by atoms with van der Waals surface area (Å²) in [4.78, 5) is 0. The molecule has 0 aliphatic carbocycles. The van der Waals surface area contributed by atoms with Crippen molar-refractivity contribution in [3.05, 3.63) is 0 Å². The van der Waals surface area contributed by atoms with Gasteiger partial charge in [-0.3, -0.25) is 0 Å². The zero-order valence-corrected chi connectivity index (χ0v) is 5.95. The molecule has 0 radical (unpaired) electrons. The molecule has 1 saturated heterocycles. The SMILES string of the molecule is FC(F)C1CCCNCC1. The van der Waals surface area contributed by atoms with Gasteiger partial charge in [-0.25, -0.2) is 8.78 Å². The highest BCUT2D eigenvalue weighted by molar-refractivity contribution is 4.67. The Labute approximate surface area is 59.8 Å². The molecule has 3 heteroatoms. The van der Waals surface area contributed by atoms with Crippen LogP contribution in [0.4, 0.5) is 8.78 Å². The van der Waals surface area contributed by atoms with Gasteiger partial charge in [0, 0.05) is 5.92 Å². The largest absolute Gasteiger partial charge is 0.317 e. The van der Waals surface area contributed by atoms with Crippen LogP contribution >= 0.6 is 0 Å². The highest BCUT2D eigenvalue weighted by Gasteiger charge is 2.20. The van der Waals surface area contributed by atoms with Crippen molar-refractivity contribution in [3.63, 3.8) is 0 Å². The molecule has 0 spiro atoms. The lowest BCUT2D eigenvalue weighted by Crippen LogP contribution is -2.16. The number of nitrogens with one attached hydrogen (secondary N) is 1. The molecule has 0 aromatic rings. The Bertz CT molecular complexity index is 87.6. The first kappa shape index (κ1) is 7.92. The number of rotatable bonds is 1. The third-order valence-electron chi connectivity index (χ3n) is 1.98. The van der Waals surface area contributed by atoms with Crippen LogP contribution in [-0.4, -0.2) is 19.5 Å². The van der Waals surface area contributed by atoms with Crippen LogP contribution in [-0.2, 0) is 0 Å². The maximum atomic E-state index is 12.1. The summed E-state index contributed by atoms with van der Waals surface area (Å²) in [5.41, 5.74) is 0. The Morgan fingerprint density at radius 3 is 2.70 bits per heavy atom. The first-order valence-corrected chi connectivity index (χ1v) is 3.79. The standard InChI is InChI=1S/C7H13F2N/c8-7(9)6-2-1-4-10-5-3-6/h6-7,10H,1-5H2. The van der Waals surface area contributed by atoms with Gasteiger partial charge < -0.3 is 5.32 Å². The Balaban J connectivity index is 2.28. The van der Waals surface area contributed by atoms with Gasteiger partial charge in [0.05, 0.1) is 0 Å². The fourth-order valence-electron chi connectivity index (χ4n) is 1.30. The number of alkyl halides is 2. The van der Waals surface area contributed by atoms with Gasteiger partial charge >= 0.3 is 0 Å². The zero-order chi connectivity index (χ0) is 7.40. The molecule has 1 heterocycles. The van der Waals surface area contributed by atoms with E-state index in [0.29, 0.717) is 12.8 Å². The molecule has 0 bridgehead atoms. The van der Waals surface area contributed by atoms with Crippen molar-refractivity contribution in [3.8, 4) is 0 Å². The molecule has 1 aliphatic heterocycles. The maximum Gasteiger partial charge on any atom is 0.241 e. The second-order valence-corrected chi connectivity index (χ2v) is 2.78. The van der Waals surface area contributed by atoms with E-state index in [2.05, 4.69) is 5.32 Å². The Morgan fingerprint density at radius 2 is 2.00 bits per heavy atom. The van der Waals surface area contributed by atoms with Crippen molar-refractivity contribution in [1.29, 1.82) is 0 Å². The summed E-state index contributed by atoms with van der Waals surface area (Å²) in [7, 11) is 0. The minimum Gasteiger partial charge on any atom is -0.317 e. The van der Waals surface area contributed by atoms with Crippen LogP contribution in [0.2, 0.25) is 0 Å². The van der Waals surface area contributed by atoms with E-state index in [0.717, 1.165) is 19.5 Å². The number of halogens is 2. The summed E-state index contributed by atoms with van der Waals surface area (Å²) in [5.74, 6) is -0.352. The molecule has 60 valence electrons. The summed E-state index contributed by atoms with van der Waals surface area (Å²) in [6.45, 7) is 1.66. The summed E-state index contributed by atoms with van der Waals surface area (Å²) >= 11 is 0. The molecule has 1 atom stereocenters. The molecule has 0 aromatic carbocycles. The lowest BCUT2D eigenvalue weighted by molar-refractivity contribution is 0.0705. The Kier molecular flexibility index (Phi) is 3.06. The van der Waals surface area contributed by atoms with Gasteiger partial charge in [-0.1, -0.05) is 0 Å². The Morgan fingerprint density at radius 1 is 1.20 bits per heavy atom. The van der Waals surface area contributed by atoms with Crippen molar-refractivity contribution in [2.24, 2.45) is 5.92 Å². The molecular weight excluding hydrogens is 136 g/mol. The van der Waals surface area contributed by atoms with Gasteiger partial charge in [0.15, 0.2) is 0 Å². The second-order valence-electron chi connectivity index (χ2n) is 2.78. The van der Waals surface area contributed by atoms with Crippen molar-refractivity contribution in [1.82, 2.24) is 5.32 Å². The lowest BCUT2D eigenvalue weighted by Gasteiger charge is -2.10. The van der Waals surface area contributed by atoms with Gasteiger partial charge in [0.2, 0.25) is 6.43 Å². The van der Waals surface area contributed by atoms with E-state index in [1.54, 1.807) is 0 Å². The van der Waals surface area contributed by atoms with E-state index in [1.165, 1.54) is 0 Å². The van der Waals surface area contributed by atoms with Crippen LogP contribution in [0.25, 0.3) is 0 Å². The van der Waals surface area contributed by atoms with Crippen LogP contribution in [0.15, 0.2) is 0 Å². The molecular formula is C7H13F2N. The van der Waals surface area contributed by atoms with Gasteiger partial charge in [0.1, 0.15) is 0 Å². The molecule has 1 fully saturated rings. The van der Waals surface area contributed by atoms with Gasteiger partial charge in [-0.15, -0.1) is 0 Å². The molecule has 0 saturated carbocycles. The highest BCUT2D eigenvalue weighted by atomic mass is 19.3. The van der Waals surface area contributed by atoms with E-state index in [9.17, 15) is 8.78 Å². The van der Waals surface area contributed by atoms with E-state index in [1.807, 2.05) is 0 Å². The summed E-state index contributed by atoms with van der Waals surface area (Å²) in [5, 5.41) is 3.10. The van der Waals surface area contributed by atoms with Crippen molar-refractivity contribution in [2.75, 3.05) is 13.1 Å². The highest BCUT2D eigenvalue weighted by Crippen LogP contribution is 2.20. The summed E-state index contributed by atoms with van der Waals surface area (Å²) in [6, 6.07) is 0. The first-order valence-electron chi connectivity index (χ1n) is 3.79. The fraction of sp³-hybridized carbons (Fsp3) is 1.00. The average molecular weight is 149 g/mol. The lowest BCUT2D eigenvalue weighted by atomic mass is 10.0. The number of hydrogen-bond acceptors (Lipinski definition) is 1. The molecule has 1 aliphatic rings. The van der Waals surface area contributed by atoms with Crippen molar-refractivity contribution < 1.29 is 8.78 Å². The molecule has 1 N–H and O–H groups in total. The topological polar surface area (TPSA) is 12.0 Å². The minimum atomic E-state index is -2.11. The molecule has 1 unspecified atom stereocenters. The molecule has 10 heavy (non-hydrogen) atoms. The second kappa shape index (κ2) is 3.86. The predicted octanol–water partition coefficient (Wildman–Crippen LogP) is 1.64. The fourth-order valence-corrected chi connectivity index (χ4v) is 1.30. The summed E-state index contributed by atoms with van der Waals surface area (Å²) in [6.07, 6.45) is 0.108. The Hall–Kier alpha value is -0.180. The van der Waals surface area contributed by atoms with Crippen LogP contribution in [0.1, 0.15) is 19.3 Å². The molecule has 0 aromatic heterocycles. The quantitative estimate of drug-likeness (QED) is 0.597. The van der Waals surface area contributed by atoms with E-state index >= 15 is 0 Å². The normalized spacial score (nSPS) is 28.5. The molecule has 1 nitrogen and oxygen atoms in total. The molecule has 1 rings (SSSR count). The first-order chi connectivity index (χ1) is 4.80. The van der Waals surface area contributed by atoms with E-state index in [4.69, 9.17) is 0 Å². The number of hydrogen-bond donors (Lipinski definition) is 1. The van der Waals surface area contributed by atoms with Crippen molar-refractivity contribution in [2.45, 2.75) is 25.7 Å². The monoisotopic (exact) mass is 149 g/mol. The van der Waals surface area contributed by atoms with Crippen LogP contribution in [0.5, 0.6) is 0 Å². The predicted molar refractivity (Wildman–Crippen MR) is 36.2 cm³/mol. The molecule has 0 amide bonds. The third kappa shape index (κ3) is 2.21. The third-order valence-corrected chi connectivity index (χ3v) is 1.98. The minimum absolute atomic E-state index is 0.352. The summed E-state index contributed by atoms with van der Waals surface area (Å²) < 4.78 is 24.1. The maximum absolute atomic E-state index is 12.1. The smallest absolute Gasteiger partial charge is 0.241 e. The van der Waals surface area contributed by atoms with Crippen LogP contribution in [0.3, 0.4) is 0 Å². The van der Waals surface area contributed by atoms with E-state index < -0.39 is 6.43 Å². The van der Waals surface area contributed by atoms with Crippen molar-refractivity contribution >= 4 is 0 Å². The van der Waals surface area contributed by atoms with E-state index in [-0.39, 0.29) is 5.92 Å². The van der Waals surface area contributed by atoms with Gasteiger partial charge in [-0.2, -0.15) is 0 Å². The average Bonchev–Trinajstić information content (AvgIpc) is 2.12.